The lowest BCUT2D eigenvalue weighted by Crippen LogP contribution is -2.36. The van der Waals surface area contributed by atoms with Crippen molar-refractivity contribution in [3.63, 3.8) is 0 Å². The van der Waals surface area contributed by atoms with Crippen molar-refractivity contribution >= 4 is 32.7 Å². The molecule has 0 spiro atoms. The molecule has 0 atom stereocenters. The van der Waals surface area contributed by atoms with Gasteiger partial charge in [-0.3, -0.25) is 0 Å². The van der Waals surface area contributed by atoms with Crippen molar-refractivity contribution in [2.45, 2.75) is 18.2 Å². The van der Waals surface area contributed by atoms with Gasteiger partial charge in [-0.25, -0.2) is 22.7 Å². The maximum atomic E-state index is 13.5. The van der Waals surface area contributed by atoms with Gasteiger partial charge in [-0.15, -0.1) is 0 Å². The Labute approximate surface area is 181 Å². The highest BCUT2D eigenvalue weighted by atomic mass is 32.2. The molecule has 1 aromatic heterocycles. The summed E-state index contributed by atoms with van der Waals surface area (Å²) in [6.07, 6.45) is 0.785. The maximum absolute atomic E-state index is 13.5. The minimum Gasteiger partial charge on any atom is -0.334 e. The summed E-state index contributed by atoms with van der Waals surface area (Å²) in [5, 5.41) is 0. The molecule has 0 fully saturated rings. The number of para-hydroxylation sites is 2. The van der Waals surface area contributed by atoms with E-state index in [0.29, 0.717) is 23.7 Å². The normalized spacial score (nSPS) is 13.6. The fourth-order valence-corrected chi connectivity index (χ4v) is 5.31. The second kappa shape index (κ2) is 7.67. The van der Waals surface area contributed by atoms with Crippen molar-refractivity contribution in [3.8, 4) is 0 Å². The number of fused-ring (bicyclic) bond motifs is 2. The predicted molar refractivity (Wildman–Crippen MR) is 123 cm³/mol. The molecule has 0 bridgehead atoms. The Balaban J connectivity index is 1.57. The van der Waals surface area contributed by atoms with Crippen LogP contribution in [0.2, 0.25) is 0 Å². The number of rotatable bonds is 5. The number of hydrogen-bond donors (Lipinski definition) is 0. The number of hydrogen-bond acceptors (Lipinski definition) is 5. The fraction of sp³-hybridized carbons (Fsp3) is 0.167. The van der Waals surface area contributed by atoms with E-state index in [9.17, 15) is 8.42 Å². The average Bonchev–Trinajstić information content (AvgIpc) is 3.15. The molecule has 5 rings (SSSR count). The Morgan fingerprint density at radius 2 is 1.52 bits per heavy atom. The minimum absolute atomic E-state index is 0.189. The third-order valence-electron chi connectivity index (χ3n) is 5.46. The fourth-order valence-electron chi connectivity index (χ4n) is 3.83. The summed E-state index contributed by atoms with van der Waals surface area (Å²) in [6, 6.07) is 24.7. The molecule has 3 aromatic carbocycles. The van der Waals surface area contributed by atoms with E-state index < -0.39 is 10.0 Å². The van der Waals surface area contributed by atoms with Crippen LogP contribution < -0.4 is 9.21 Å². The van der Waals surface area contributed by atoms with Crippen LogP contribution in [0.25, 0.3) is 11.0 Å². The van der Waals surface area contributed by atoms with Crippen LogP contribution >= 0.6 is 0 Å². The largest absolute Gasteiger partial charge is 0.334 e. The first kappa shape index (κ1) is 19.5. The SMILES string of the molecule is Cc1cccc(S(=O)(=O)N2CN(CCc3ccccc3)c3nc4ccccc4nc32)c1. The van der Waals surface area contributed by atoms with E-state index >= 15 is 0 Å². The highest BCUT2D eigenvalue weighted by Gasteiger charge is 2.37. The summed E-state index contributed by atoms with van der Waals surface area (Å²) < 4.78 is 28.5. The van der Waals surface area contributed by atoms with Gasteiger partial charge in [0.15, 0.2) is 11.6 Å². The monoisotopic (exact) mass is 430 g/mol. The molecule has 6 nitrogen and oxygen atoms in total. The van der Waals surface area contributed by atoms with Crippen LogP contribution in [0, 0.1) is 6.92 Å². The molecule has 2 heterocycles. The standard InChI is InChI=1S/C24H22N4O2S/c1-18-8-7-11-20(16-18)31(29,30)28-17-27(15-14-19-9-3-2-4-10-19)23-24(28)26-22-13-6-5-12-21(22)25-23/h2-13,16H,14-15,17H2,1H3. The lowest BCUT2D eigenvalue weighted by molar-refractivity contribution is 0.590. The van der Waals surface area contributed by atoms with Crippen molar-refractivity contribution in [2.75, 3.05) is 22.4 Å². The Morgan fingerprint density at radius 1 is 0.839 bits per heavy atom. The van der Waals surface area contributed by atoms with Crippen molar-refractivity contribution in [2.24, 2.45) is 0 Å². The summed E-state index contributed by atoms with van der Waals surface area (Å²) in [5.41, 5.74) is 3.51. The molecule has 0 amide bonds. The highest BCUT2D eigenvalue weighted by molar-refractivity contribution is 7.92. The molecule has 31 heavy (non-hydrogen) atoms. The first-order chi connectivity index (χ1) is 15.0. The zero-order chi connectivity index (χ0) is 21.4. The molecule has 0 unspecified atom stereocenters. The van der Waals surface area contributed by atoms with Crippen molar-refractivity contribution in [1.82, 2.24) is 9.97 Å². The summed E-state index contributed by atoms with van der Waals surface area (Å²) >= 11 is 0. The summed E-state index contributed by atoms with van der Waals surface area (Å²) in [4.78, 5) is 11.7. The topological polar surface area (TPSA) is 66.4 Å². The summed E-state index contributed by atoms with van der Waals surface area (Å²) in [5.74, 6) is 0.985. The zero-order valence-corrected chi connectivity index (χ0v) is 18.0. The van der Waals surface area contributed by atoms with Gasteiger partial charge in [0, 0.05) is 6.54 Å². The van der Waals surface area contributed by atoms with E-state index in [2.05, 4.69) is 12.1 Å². The van der Waals surface area contributed by atoms with E-state index in [-0.39, 0.29) is 11.6 Å². The predicted octanol–water partition coefficient (Wildman–Crippen LogP) is 4.15. The van der Waals surface area contributed by atoms with Gasteiger partial charge in [0.2, 0.25) is 0 Å². The molecule has 0 N–H and O–H groups in total. The van der Waals surface area contributed by atoms with Crippen molar-refractivity contribution < 1.29 is 8.42 Å². The Bertz CT molecular complexity index is 1360. The third-order valence-corrected chi connectivity index (χ3v) is 7.18. The van der Waals surface area contributed by atoms with E-state index in [1.54, 1.807) is 18.2 Å². The van der Waals surface area contributed by atoms with Crippen LogP contribution in [0.3, 0.4) is 0 Å². The van der Waals surface area contributed by atoms with Gasteiger partial charge in [-0.05, 0) is 48.7 Å². The van der Waals surface area contributed by atoms with Gasteiger partial charge in [-0.2, -0.15) is 0 Å². The van der Waals surface area contributed by atoms with Crippen LogP contribution in [0.15, 0.2) is 83.8 Å². The van der Waals surface area contributed by atoms with E-state index in [1.165, 1.54) is 9.87 Å². The van der Waals surface area contributed by atoms with Crippen LogP contribution in [0.1, 0.15) is 11.1 Å². The number of benzene rings is 3. The molecule has 0 radical (unpaired) electrons. The van der Waals surface area contributed by atoms with Gasteiger partial charge >= 0.3 is 0 Å². The van der Waals surface area contributed by atoms with Gasteiger partial charge in [0.25, 0.3) is 10.0 Å². The molecule has 7 heteroatoms. The molecule has 0 saturated carbocycles. The van der Waals surface area contributed by atoms with Crippen LogP contribution in [-0.2, 0) is 16.4 Å². The Kier molecular flexibility index (Phi) is 4.82. The number of aryl methyl sites for hydroxylation is 1. The lowest BCUT2D eigenvalue weighted by atomic mass is 10.1. The molecule has 4 aromatic rings. The number of anilines is 2. The average molecular weight is 431 g/mol. The summed E-state index contributed by atoms with van der Waals surface area (Å²) in [7, 11) is -3.77. The van der Waals surface area contributed by atoms with E-state index in [4.69, 9.17) is 9.97 Å². The first-order valence-electron chi connectivity index (χ1n) is 10.2. The summed E-state index contributed by atoms with van der Waals surface area (Å²) in [6.45, 7) is 2.72. The van der Waals surface area contributed by atoms with Crippen LogP contribution in [0.5, 0.6) is 0 Å². The lowest BCUT2D eigenvalue weighted by Gasteiger charge is -2.21. The zero-order valence-electron chi connectivity index (χ0n) is 17.1. The second-order valence-corrected chi connectivity index (χ2v) is 9.53. The minimum atomic E-state index is -3.77. The number of nitrogens with zero attached hydrogens (tertiary/aromatic N) is 4. The molecule has 1 aliphatic rings. The van der Waals surface area contributed by atoms with Gasteiger partial charge in [0.1, 0.15) is 6.67 Å². The van der Waals surface area contributed by atoms with Crippen molar-refractivity contribution in [1.29, 1.82) is 0 Å². The molecule has 0 aliphatic carbocycles. The van der Waals surface area contributed by atoms with Gasteiger partial charge < -0.3 is 4.90 Å². The van der Waals surface area contributed by atoms with Gasteiger partial charge in [0.05, 0.1) is 15.9 Å². The van der Waals surface area contributed by atoms with Crippen molar-refractivity contribution in [3.05, 3.63) is 90.0 Å². The molecule has 1 aliphatic heterocycles. The van der Waals surface area contributed by atoms with Gasteiger partial charge in [-0.1, -0.05) is 54.6 Å². The smallest absolute Gasteiger partial charge is 0.267 e. The molecular weight excluding hydrogens is 408 g/mol. The van der Waals surface area contributed by atoms with Crippen LogP contribution in [-0.4, -0.2) is 31.6 Å². The second-order valence-electron chi connectivity index (χ2n) is 7.67. The highest BCUT2D eigenvalue weighted by Crippen LogP contribution is 2.37. The number of sulfonamides is 1. The third kappa shape index (κ3) is 3.61. The molecule has 0 saturated heterocycles. The molecule has 156 valence electrons. The Hall–Kier alpha value is -3.45. The van der Waals surface area contributed by atoms with Crippen LogP contribution in [0.4, 0.5) is 11.6 Å². The quantitative estimate of drug-likeness (QED) is 0.476. The number of aromatic nitrogens is 2. The maximum Gasteiger partial charge on any atom is 0.267 e. The van der Waals surface area contributed by atoms with E-state index in [0.717, 1.165) is 17.5 Å². The first-order valence-corrected chi connectivity index (χ1v) is 11.6. The Morgan fingerprint density at radius 3 is 2.23 bits per heavy atom. The molecular formula is C24H22N4O2S. The van der Waals surface area contributed by atoms with E-state index in [1.807, 2.05) is 60.4 Å².